The summed E-state index contributed by atoms with van der Waals surface area (Å²) in [5, 5.41) is 5.32. The molecule has 0 radical (unpaired) electrons. The summed E-state index contributed by atoms with van der Waals surface area (Å²) in [6.45, 7) is 4.12. The van der Waals surface area contributed by atoms with Crippen molar-refractivity contribution in [2.45, 2.75) is 6.92 Å². The van der Waals surface area contributed by atoms with Gasteiger partial charge in [0, 0.05) is 29.3 Å². The molecule has 0 saturated heterocycles. The van der Waals surface area contributed by atoms with Crippen LogP contribution >= 0.6 is 8.58 Å². The van der Waals surface area contributed by atoms with Gasteiger partial charge in [0.25, 0.3) is 0 Å². The molecule has 0 fully saturated rings. The summed E-state index contributed by atoms with van der Waals surface area (Å²) in [5.74, 6) is -0.385. The van der Waals surface area contributed by atoms with Gasteiger partial charge in [-0.05, 0) is 19.7 Å². The van der Waals surface area contributed by atoms with Crippen LogP contribution in [0.15, 0.2) is 30.3 Å². The van der Waals surface area contributed by atoms with Gasteiger partial charge in [0.1, 0.15) is 5.52 Å². The highest BCUT2D eigenvalue weighted by molar-refractivity contribution is 7.45. The molecule has 0 amide bonds. The molecule has 0 bridgehead atoms. The Bertz CT molecular complexity index is 902. The maximum Gasteiger partial charge on any atom is 0.356 e. The number of ether oxygens (including phenoxy) is 1. The molecule has 23 heavy (non-hydrogen) atoms. The summed E-state index contributed by atoms with van der Waals surface area (Å²) in [6.07, 6.45) is 0. The molecule has 1 aromatic carbocycles. The summed E-state index contributed by atoms with van der Waals surface area (Å²) in [7, 11) is 3.80. The smallest absolute Gasteiger partial charge is 0.356 e. The number of aryl methyl sites for hydroxylation is 2. The van der Waals surface area contributed by atoms with Gasteiger partial charge in [0.2, 0.25) is 0 Å². The van der Waals surface area contributed by atoms with Gasteiger partial charge >= 0.3 is 5.97 Å². The number of fused-ring (bicyclic) bond motifs is 1. The minimum absolute atomic E-state index is 0.385. The van der Waals surface area contributed by atoms with E-state index in [-0.39, 0.29) is 5.97 Å². The molecule has 0 N–H and O–H groups in total. The summed E-state index contributed by atoms with van der Waals surface area (Å²) in [5.41, 5.74) is 5.31. The molecule has 1 atom stereocenters. The zero-order valence-electron chi connectivity index (χ0n) is 13.5. The van der Waals surface area contributed by atoms with E-state index in [1.54, 1.807) is 11.7 Å². The lowest BCUT2D eigenvalue weighted by atomic mass is 10.0. The van der Waals surface area contributed by atoms with Gasteiger partial charge in [0.15, 0.2) is 5.69 Å². The summed E-state index contributed by atoms with van der Waals surface area (Å²) >= 11 is 0. The Morgan fingerprint density at radius 2 is 2.00 bits per heavy atom. The van der Waals surface area contributed by atoms with Gasteiger partial charge < -0.3 is 4.74 Å². The molecule has 0 aliphatic carbocycles. The Labute approximate surface area is 136 Å². The predicted octanol–water partition coefficient (Wildman–Crippen LogP) is 2.66. The topological polar surface area (TPSA) is 57.0 Å². The standard InChI is InChI=1S/C17H18N3O2P/c1-10-11(8-9-14(18-10)23-4)12-6-5-7-13-15(12)19-20(2)16(13)17(21)22-3/h5-9,23H,1-4H3. The molecule has 5 nitrogen and oxygen atoms in total. The minimum atomic E-state index is -0.385. The third-order valence-corrected chi connectivity index (χ3v) is 4.67. The average Bonchev–Trinajstić information content (AvgIpc) is 2.90. The van der Waals surface area contributed by atoms with Crippen molar-refractivity contribution >= 4 is 30.9 Å². The lowest BCUT2D eigenvalue weighted by Gasteiger charge is -2.08. The van der Waals surface area contributed by atoms with Crippen LogP contribution in [0.4, 0.5) is 0 Å². The Balaban J connectivity index is 2.26. The number of rotatable bonds is 3. The van der Waals surface area contributed by atoms with Crippen molar-refractivity contribution in [2.75, 3.05) is 13.8 Å². The zero-order chi connectivity index (χ0) is 16.6. The molecule has 0 saturated carbocycles. The lowest BCUT2D eigenvalue weighted by Crippen LogP contribution is -2.08. The van der Waals surface area contributed by atoms with Crippen molar-refractivity contribution in [3.63, 3.8) is 0 Å². The molecule has 6 heteroatoms. The molecule has 2 aromatic heterocycles. The minimum Gasteiger partial charge on any atom is -0.464 e. The third kappa shape index (κ3) is 2.62. The number of benzene rings is 1. The second kappa shape index (κ2) is 6.09. The molecule has 3 rings (SSSR count). The van der Waals surface area contributed by atoms with Crippen molar-refractivity contribution in [3.8, 4) is 11.1 Å². The summed E-state index contributed by atoms with van der Waals surface area (Å²) in [4.78, 5) is 16.7. The fourth-order valence-electron chi connectivity index (χ4n) is 2.76. The highest BCUT2D eigenvalue weighted by Crippen LogP contribution is 2.31. The molecule has 1 unspecified atom stereocenters. The first-order valence-corrected chi connectivity index (χ1v) is 8.76. The van der Waals surface area contributed by atoms with Gasteiger partial charge in [-0.15, -0.1) is 0 Å². The SMILES string of the molecule is COC(=O)c1c2cccc(-c3ccc(PC)nc3C)c2nn1C. The highest BCUT2D eigenvalue weighted by atomic mass is 31.1. The van der Waals surface area contributed by atoms with Gasteiger partial charge in [-0.25, -0.2) is 4.79 Å². The van der Waals surface area contributed by atoms with Crippen LogP contribution < -0.4 is 5.44 Å². The van der Waals surface area contributed by atoms with E-state index < -0.39 is 0 Å². The monoisotopic (exact) mass is 327 g/mol. The second-order valence-electron chi connectivity index (χ2n) is 5.24. The quantitative estimate of drug-likeness (QED) is 0.548. The Morgan fingerprint density at radius 3 is 2.65 bits per heavy atom. The van der Waals surface area contributed by atoms with Gasteiger partial charge in [-0.3, -0.25) is 9.67 Å². The lowest BCUT2D eigenvalue weighted by molar-refractivity contribution is 0.0590. The van der Waals surface area contributed by atoms with Crippen molar-refractivity contribution in [3.05, 3.63) is 41.7 Å². The van der Waals surface area contributed by atoms with Crippen molar-refractivity contribution in [1.29, 1.82) is 0 Å². The van der Waals surface area contributed by atoms with Crippen LogP contribution in [0.1, 0.15) is 16.2 Å². The van der Waals surface area contributed by atoms with Crippen molar-refractivity contribution < 1.29 is 9.53 Å². The molecule has 0 aliphatic heterocycles. The van der Waals surface area contributed by atoms with Crippen molar-refractivity contribution in [1.82, 2.24) is 14.8 Å². The number of methoxy groups -OCH3 is 1. The zero-order valence-corrected chi connectivity index (χ0v) is 14.5. The molecule has 0 aliphatic rings. The van der Waals surface area contributed by atoms with Crippen LogP contribution in [0.25, 0.3) is 22.0 Å². The second-order valence-corrected chi connectivity index (χ2v) is 6.26. The number of hydrogen-bond donors (Lipinski definition) is 0. The van der Waals surface area contributed by atoms with Crippen LogP contribution in [0.3, 0.4) is 0 Å². The molecule has 3 aromatic rings. The molecular weight excluding hydrogens is 309 g/mol. The van der Waals surface area contributed by atoms with E-state index in [1.165, 1.54) is 7.11 Å². The number of carbonyl (C=O) groups excluding carboxylic acids is 1. The van der Waals surface area contributed by atoms with E-state index in [0.717, 1.165) is 33.2 Å². The van der Waals surface area contributed by atoms with Gasteiger partial charge in [0.05, 0.1) is 12.5 Å². The van der Waals surface area contributed by atoms with Crippen molar-refractivity contribution in [2.24, 2.45) is 7.05 Å². The average molecular weight is 327 g/mol. The fourth-order valence-corrected chi connectivity index (χ4v) is 3.29. The molecular formula is C17H18N3O2P. The van der Waals surface area contributed by atoms with Crippen LogP contribution in [0.5, 0.6) is 0 Å². The molecule has 0 spiro atoms. The summed E-state index contributed by atoms with van der Waals surface area (Å²) in [6, 6.07) is 9.96. The van der Waals surface area contributed by atoms with Crippen LogP contribution in [-0.2, 0) is 11.8 Å². The maximum absolute atomic E-state index is 12.0. The largest absolute Gasteiger partial charge is 0.464 e. The number of hydrogen-bond acceptors (Lipinski definition) is 4. The van der Waals surface area contributed by atoms with E-state index in [1.807, 2.05) is 31.2 Å². The molecule has 2 heterocycles. The normalized spacial score (nSPS) is 11.5. The van der Waals surface area contributed by atoms with Crippen LogP contribution in [0, 0.1) is 6.92 Å². The van der Waals surface area contributed by atoms with Gasteiger partial charge in [-0.1, -0.05) is 32.8 Å². The van der Waals surface area contributed by atoms with Gasteiger partial charge in [-0.2, -0.15) is 5.10 Å². The Kier molecular flexibility index (Phi) is 4.14. The summed E-state index contributed by atoms with van der Waals surface area (Å²) < 4.78 is 6.45. The Hall–Kier alpha value is -2.26. The number of pyridine rings is 1. The number of esters is 1. The first kappa shape index (κ1) is 15.6. The number of nitrogens with zero attached hydrogens (tertiary/aromatic N) is 3. The Morgan fingerprint density at radius 1 is 1.22 bits per heavy atom. The predicted molar refractivity (Wildman–Crippen MR) is 93.9 cm³/mol. The first-order valence-electron chi connectivity index (χ1n) is 7.26. The van der Waals surface area contributed by atoms with E-state index in [2.05, 4.69) is 22.8 Å². The first-order chi connectivity index (χ1) is 11.1. The maximum atomic E-state index is 12.0. The molecule has 118 valence electrons. The van der Waals surface area contributed by atoms with Crippen LogP contribution in [0.2, 0.25) is 0 Å². The van der Waals surface area contributed by atoms with Crippen LogP contribution in [-0.4, -0.2) is 34.5 Å². The number of carbonyl (C=O) groups is 1. The van der Waals surface area contributed by atoms with E-state index in [0.29, 0.717) is 14.3 Å². The highest BCUT2D eigenvalue weighted by Gasteiger charge is 2.20. The third-order valence-electron chi connectivity index (χ3n) is 3.88. The number of aromatic nitrogens is 3. The van der Waals surface area contributed by atoms with E-state index in [9.17, 15) is 4.79 Å². The van der Waals surface area contributed by atoms with E-state index in [4.69, 9.17) is 4.74 Å². The fraction of sp³-hybridized carbons (Fsp3) is 0.235. The van der Waals surface area contributed by atoms with E-state index >= 15 is 0 Å².